The first-order valence-electron chi connectivity index (χ1n) is 18.3. The molecule has 0 unspecified atom stereocenters. The standard InChI is InChI=1S/C50H35N3O/c1-5-15-40(16-6-1)51(41-17-7-2-8-18-41)44-32-29-37(30-33-44)36-25-27-38(28-26-36)39-31-34-48-47(35-39)53(43-21-11-4-12-22-43)50-49(54-48)45-23-13-14-24-46(45)52(50)42-19-9-3-10-20-42/h1-35H. The largest absolute Gasteiger partial charge is 0.451 e. The van der Waals surface area contributed by atoms with Gasteiger partial charge in [-0.1, -0.05) is 127 Å². The van der Waals surface area contributed by atoms with E-state index in [1.54, 1.807) is 0 Å². The third-order valence-electron chi connectivity index (χ3n) is 10.2. The van der Waals surface area contributed by atoms with Crippen molar-refractivity contribution in [1.82, 2.24) is 4.57 Å². The monoisotopic (exact) mass is 693 g/mol. The smallest absolute Gasteiger partial charge is 0.178 e. The summed E-state index contributed by atoms with van der Waals surface area (Å²) in [4.78, 5) is 4.63. The lowest BCUT2D eigenvalue weighted by molar-refractivity contribution is 0.481. The number of ether oxygens (including phenoxy) is 1. The normalized spacial score (nSPS) is 11.8. The Morgan fingerprint density at radius 3 is 1.46 bits per heavy atom. The molecule has 0 saturated heterocycles. The van der Waals surface area contributed by atoms with Gasteiger partial charge in [0.15, 0.2) is 17.3 Å². The molecule has 4 nitrogen and oxygen atoms in total. The molecule has 0 amide bonds. The number of nitrogens with zero attached hydrogens (tertiary/aromatic N) is 3. The minimum Gasteiger partial charge on any atom is -0.451 e. The molecule has 0 fully saturated rings. The van der Waals surface area contributed by atoms with Gasteiger partial charge in [0.05, 0.1) is 11.2 Å². The fourth-order valence-electron chi connectivity index (χ4n) is 7.62. The molecule has 4 heteroatoms. The van der Waals surface area contributed by atoms with Crippen molar-refractivity contribution in [2.45, 2.75) is 0 Å². The molecule has 1 aliphatic heterocycles. The molecule has 0 radical (unpaired) electrons. The van der Waals surface area contributed by atoms with E-state index in [0.717, 1.165) is 73.5 Å². The van der Waals surface area contributed by atoms with Crippen molar-refractivity contribution in [1.29, 1.82) is 0 Å². The summed E-state index contributed by atoms with van der Waals surface area (Å²) in [5.41, 5.74) is 12.2. The minimum atomic E-state index is 0.822. The maximum absolute atomic E-state index is 6.83. The molecule has 1 aliphatic rings. The number of anilines is 6. The molecule has 10 rings (SSSR count). The van der Waals surface area contributed by atoms with Crippen molar-refractivity contribution in [2.75, 3.05) is 9.80 Å². The highest BCUT2D eigenvalue weighted by Crippen LogP contribution is 2.55. The van der Waals surface area contributed by atoms with Gasteiger partial charge in [-0.15, -0.1) is 0 Å². The summed E-state index contributed by atoms with van der Waals surface area (Å²) < 4.78 is 9.14. The fourth-order valence-corrected chi connectivity index (χ4v) is 7.62. The second-order valence-electron chi connectivity index (χ2n) is 13.4. The van der Waals surface area contributed by atoms with E-state index in [1.807, 2.05) is 0 Å². The molecule has 8 aromatic carbocycles. The van der Waals surface area contributed by atoms with Gasteiger partial charge in [-0.2, -0.15) is 0 Å². The molecule has 0 bridgehead atoms. The number of hydrogen-bond donors (Lipinski definition) is 0. The molecule has 0 spiro atoms. The predicted octanol–water partition coefficient (Wildman–Crippen LogP) is 14.0. The predicted molar refractivity (Wildman–Crippen MR) is 224 cm³/mol. The molecule has 0 saturated carbocycles. The first-order chi connectivity index (χ1) is 26.8. The van der Waals surface area contributed by atoms with E-state index in [1.165, 1.54) is 11.1 Å². The Bertz CT molecular complexity index is 2670. The van der Waals surface area contributed by atoms with Crippen LogP contribution in [0.5, 0.6) is 11.5 Å². The van der Waals surface area contributed by atoms with Gasteiger partial charge in [0.2, 0.25) is 0 Å². The maximum Gasteiger partial charge on any atom is 0.178 e. The average molecular weight is 694 g/mol. The summed E-state index contributed by atoms with van der Waals surface area (Å²) >= 11 is 0. The molecular formula is C50H35N3O. The zero-order valence-corrected chi connectivity index (χ0v) is 29.5. The molecule has 1 aromatic heterocycles. The SMILES string of the molecule is c1ccc(N(c2ccccc2)c2ccc(-c3ccc(-c4ccc5c(c4)N(c4ccccc4)c4c(c6ccccc6n4-c4ccccc4)O5)cc3)cc2)cc1. The second-order valence-corrected chi connectivity index (χ2v) is 13.4. The first kappa shape index (κ1) is 31.4. The lowest BCUT2D eigenvalue weighted by atomic mass is 9.99. The van der Waals surface area contributed by atoms with Gasteiger partial charge in [-0.3, -0.25) is 9.47 Å². The molecule has 9 aromatic rings. The Kier molecular flexibility index (Phi) is 7.77. The summed E-state index contributed by atoms with van der Waals surface area (Å²) in [6.07, 6.45) is 0. The van der Waals surface area contributed by atoms with Crippen molar-refractivity contribution in [2.24, 2.45) is 0 Å². The second kappa shape index (κ2) is 13.4. The zero-order chi connectivity index (χ0) is 35.8. The average Bonchev–Trinajstić information content (AvgIpc) is 3.58. The highest BCUT2D eigenvalue weighted by molar-refractivity contribution is 6.01. The van der Waals surface area contributed by atoms with Gasteiger partial charge < -0.3 is 9.64 Å². The Labute approximate surface area is 315 Å². The number of benzene rings is 8. The molecule has 0 N–H and O–H groups in total. The molecule has 0 aliphatic carbocycles. The van der Waals surface area contributed by atoms with Crippen LogP contribution in [0.25, 0.3) is 38.8 Å². The number of rotatable bonds is 7. The van der Waals surface area contributed by atoms with Crippen LogP contribution in [-0.2, 0) is 0 Å². The number of fused-ring (bicyclic) bond motifs is 4. The van der Waals surface area contributed by atoms with Crippen molar-refractivity contribution < 1.29 is 4.74 Å². The number of para-hydroxylation sites is 5. The van der Waals surface area contributed by atoms with Gasteiger partial charge in [0, 0.05) is 33.8 Å². The summed E-state index contributed by atoms with van der Waals surface area (Å²) in [5, 5.41) is 1.07. The Balaban J connectivity index is 1.01. The molecule has 0 atom stereocenters. The topological polar surface area (TPSA) is 20.6 Å². The summed E-state index contributed by atoms with van der Waals surface area (Å²) in [6, 6.07) is 74.8. The van der Waals surface area contributed by atoms with Crippen molar-refractivity contribution in [3.05, 3.63) is 212 Å². The molecule has 54 heavy (non-hydrogen) atoms. The summed E-state index contributed by atoms with van der Waals surface area (Å²) in [5.74, 6) is 2.66. The van der Waals surface area contributed by atoms with Crippen LogP contribution in [0, 0.1) is 0 Å². The quantitative estimate of drug-likeness (QED) is 0.166. The van der Waals surface area contributed by atoms with Crippen molar-refractivity contribution >= 4 is 45.2 Å². The van der Waals surface area contributed by atoms with E-state index in [2.05, 4.69) is 227 Å². The van der Waals surface area contributed by atoms with Gasteiger partial charge >= 0.3 is 0 Å². The van der Waals surface area contributed by atoms with E-state index in [4.69, 9.17) is 4.74 Å². The van der Waals surface area contributed by atoms with E-state index >= 15 is 0 Å². The summed E-state index contributed by atoms with van der Waals surface area (Å²) in [6.45, 7) is 0. The summed E-state index contributed by atoms with van der Waals surface area (Å²) in [7, 11) is 0. The number of aromatic nitrogens is 1. The first-order valence-corrected chi connectivity index (χ1v) is 18.3. The van der Waals surface area contributed by atoms with Crippen molar-refractivity contribution in [3.63, 3.8) is 0 Å². The highest BCUT2D eigenvalue weighted by atomic mass is 16.5. The molecule has 256 valence electrons. The third-order valence-corrected chi connectivity index (χ3v) is 10.2. The fraction of sp³-hybridized carbons (Fsp3) is 0. The Hall–Kier alpha value is -7.30. The number of hydrogen-bond acceptors (Lipinski definition) is 3. The molecule has 2 heterocycles. The lowest BCUT2D eigenvalue weighted by Crippen LogP contribution is -2.18. The van der Waals surface area contributed by atoms with Gasteiger partial charge in [0.1, 0.15) is 0 Å². The van der Waals surface area contributed by atoms with E-state index in [9.17, 15) is 0 Å². The van der Waals surface area contributed by atoms with E-state index in [-0.39, 0.29) is 0 Å². The van der Waals surface area contributed by atoms with Crippen LogP contribution in [-0.4, -0.2) is 4.57 Å². The van der Waals surface area contributed by atoms with Crippen LogP contribution in [0.15, 0.2) is 212 Å². The van der Waals surface area contributed by atoms with Crippen LogP contribution in [0.2, 0.25) is 0 Å². The Morgan fingerprint density at radius 2 is 0.852 bits per heavy atom. The lowest BCUT2D eigenvalue weighted by Gasteiger charge is -2.33. The van der Waals surface area contributed by atoms with Gasteiger partial charge in [-0.05, 0) is 107 Å². The maximum atomic E-state index is 6.83. The highest BCUT2D eigenvalue weighted by Gasteiger charge is 2.33. The van der Waals surface area contributed by atoms with Crippen LogP contribution in [0.1, 0.15) is 0 Å². The van der Waals surface area contributed by atoms with Crippen LogP contribution in [0.3, 0.4) is 0 Å². The minimum absolute atomic E-state index is 0.822. The van der Waals surface area contributed by atoms with E-state index < -0.39 is 0 Å². The van der Waals surface area contributed by atoms with Crippen molar-refractivity contribution in [3.8, 4) is 39.4 Å². The molecular weight excluding hydrogens is 659 g/mol. The van der Waals surface area contributed by atoms with E-state index in [0.29, 0.717) is 0 Å². The Morgan fingerprint density at radius 1 is 0.389 bits per heavy atom. The third kappa shape index (κ3) is 5.49. The zero-order valence-electron chi connectivity index (χ0n) is 29.5. The van der Waals surface area contributed by atoms with Crippen LogP contribution >= 0.6 is 0 Å². The van der Waals surface area contributed by atoms with Gasteiger partial charge in [0.25, 0.3) is 0 Å². The van der Waals surface area contributed by atoms with Crippen LogP contribution < -0.4 is 14.5 Å². The van der Waals surface area contributed by atoms with Gasteiger partial charge in [-0.25, -0.2) is 0 Å². The van der Waals surface area contributed by atoms with Crippen LogP contribution in [0.4, 0.5) is 34.3 Å².